The molecule has 3 amide bonds. The predicted octanol–water partition coefficient (Wildman–Crippen LogP) is 4.46. The summed E-state index contributed by atoms with van der Waals surface area (Å²) in [5.74, 6) is -0.992. The van der Waals surface area contributed by atoms with Crippen LogP contribution >= 0.6 is 0 Å². The Morgan fingerprint density at radius 2 is 1.37 bits per heavy atom. The van der Waals surface area contributed by atoms with Gasteiger partial charge in [-0.05, 0) is 59.7 Å². The highest BCUT2D eigenvalue weighted by atomic mass is 16.2. The van der Waals surface area contributed by atoms with Gasteiger partial charge in [0.1, 0.15) is 0 Å². The van der Waals surface area contributed by atoms with Gasteiger partial charge >= 0.3 is 0 Å². The fourth-order valence-corrected chi connectivity index (χ4v) is 6.29. The molecule has 1 N–H and O–H groups in total. The average molecular weight is 460 g/mol. The van der Waals surface area contributed by atoms with Gasteiger partial charge in [0, 0.05) is 11.1 Å². The van der Waals surface area contributed by atoms with Crippen molar-refractivity contribution in [1.29, 1.82) is 0 Å². The van der Waals surface area contributed by atoms with Gasteiger partial charge in [-0.1, -0.05) is 48.6 Å². The normalized spacial score (nSPS) is 25.1. The van der Waals surface area contributed by atoms with E-state index in [-0.39, 0.29) is 47.2 Å². The number of rotatable bonds is 3. The molecule has 6 heteroatoms. The maximum absolute atomic E-state index is 13.0. The Labute approximate surface area is 201 Å². The summed E-state index contributed by atoms with van der Waals surface area (Å²) in [5, 5.41) is 2.87. The number of allylic oxidation sites excluding steroid dienone is 2. The number of benzene rings is 3. The van der Waals surface area contributed by atoms with E-state index < -0.39 is 0 Å². The van der Waals surface area contributed by atoms with Crippen LogP contribution < -0.4 is 10.2 Å². The lowest BCUT2D eigenvalue weighted by molar-refractivity contribution is -0.123. The van der Waals surface area contributed by atoms with Crippen molar-refractivity contribution in [3.8, 4) is 11.1 Å². The minimum Gasteiger partial charge on any atom is -0.321 e. The summed E-state index contributed by atoms with van der Waals surface area (Å²) in [5.41, 5.74) is 4.09. The van der Waals surface area contributed by atoms with Crippen molar-refractivity contribution in [3.63, 3.8) is 0 Å². The number of carbonyl (C=O) groups is 4. The number of nitrogens with one attached hydrogen (secondary N) is 1. The van der Waals surface area contributed by atoms with Gasteiger partial charge in [-0.2, -0.15) is 0 Å². The molecular formula is C29H20N2O4. The number of ketones is 1. The van der Waals surface area contributed by atoms with Gasteiger partial charge in [0.05, 0.1) is 28.8 Å². The van der Waals surface area contributed by atoms with Crippen molar-refractivity contribution in [2.24, 2.45) is 23.7 Å². The molecule has 6 nitrogen and oxygen atoms in total. The Morgan fingerprint density at radius 3 is 2.06 bits per heavy atom. The third kappa shape index (κ3) is 2.71. The quantitative estimate of drug-likeness (QED) is 0.361. The van der Waals surface area contributed by atoms with Crippen LogP contribution in [0.2, 0.25) is 0 Å². The van der Waals surface area contributed by atoms with E-state index in [1.165, 1.54) is 4.90 Å². The number of hydrogen-bond acceptors (Lipinski definition) is 4. The summed E-state index contributed by atoms with van der Waals surface area (Å²) in [4.78, 5) is 53.4. The van der Waals surface area contributed by atoms with Crippen LogP contribution in [0, 0.1) is 23.7 Å². The van der Waals surface area contributed by atoms with E-state index in [1.54, 1.807) is 36.4 Å². The summed E-state index contributed by atoms with van der Waals surface area (Å²) < 4.78 is 0. The summed E-state index contributed by atoms with van der Waals surface area (Å²) in [7, 11) is 0. The van der Waals surface area contributed by atoms with E-state index in [2.05, 4.69) is 17.5 Å². The first-order valence-electron chi connectivity index (χ1n) is 11.8. The van der Waals surface area contributed by atoms with E-state index in [4.69, 9.17) is 0 Å². The predicted molar refractivity (Wildman–Crippen MR) is 130 cm³/mol. The van der Waals surface area contributed by atoms with Gasteiger partial charge in [-0.25, -0.2) is 0 Å². The highest BCUT2D eigenvalue weighted by Crippen LogP contribution is 2.53. The van der Waals surface area contributed by atoms with E-state index in [0.717, 1.165) is 17.5 Å². The molecule has 3 aliphatic carbocycles. The van der Waals surface area contributed by atoms with Crippen molar-refractivity contribution in [2.45, 2.75) is 6.42 Å². The average Bonchev–Trinajstić information content (AvgIpc) is 3.62. The molecule has 0 unspecified atom stereocenters. The maximum Gasteiger partial charge on any atom is 0.255 e. The Kier molecular flexibility index (Phi) is 4.07. The molecule has 7 rings (SSSR count). The molecule has 1 saturated carbocycles. The van der Waals surface area contributed by atoms with Crippen LogP contribution in [-0.2, 0) is 9.59 Å². The van der Waals surface area contributed by atoms with Crippen molar-refractivity contribution in [2.75, 3.05) is 10.2 Å². The lowest BCUT2D eigenvalue weighted by Crippen LogP contribution is -2.32. The Morgan fingerprint density at radius 1 is 0.743 bits per heavy atom. The molecule has 170 valence electrons. The van der Waals surface area contributed by atoms with Crippen LogP contribution in [0.3, 0.4) is 0 Å². The standard InChI is InChI=1S/C29H20N2O4/c32-26-21-5-2-1-4-19(21)20-6-3-7-22(25(20)26)30-27(33)15-10-12-18(13-11-15)31-28(34)23-16-8-9-17(14-16)24(23)29(31)35/h1-13,16-17,23-24H,14H2,(H,30,33)/t16-,17-,23-,24+/m0/s1. The molecule has 4 atom stereocenters. The molecule has 1 heterocycles. The van der Waals surface area contributed by atoms with Gasteiger partial charge in [0.25, 0.3) is 5.91 Å². The molecule has 1 aliphatic heterocycles. The second kappa shape index (κ2) is 7.09. The van der Waals surface area contributed by atoms with Crippen molar-refractivity contribution < 1.29 is 19.2 Å². The number of fused-ring (bicyclic) bond motifs is 8. The fourth-order valence-electron chi connectivity index (χ4n) is 6.29. The molecular weight excluding hydrogens is 440 g/mol. The Balaban J connectivity index is 1.14. The minimum atomic E-state index is -0.369. The van der Waals surface area contributed by atoms with E-state index in [0.29, 0.717) is 28.1 Å². The second-order valence-electron chi connectivity index (χ2n) is 9.62. The summed E-state index contributed by atoms with van der Waals surface area (Å²) in [6, 6.07) is 19.3. The maximum atomic E-state index is 13.0. The first-order chi connectivity index (χ1) is 17.0. The highest BCUT2D eigenvalue weighted by Gasteiger charge is 2.59. The second-order valence-corrected chi connectivity index (χ2v) is 9.62. The van der Waals surface area contributed by atoms with Gasteiger partial charge in [-0.15, -0.1) is 0 Å². The SMILES string of the molecule is O=C(Nc1cccc2c1C(=O)c1ccccc1-2)c1ccc(N2C(=O)[C@@H]3[C@H](C2=O)[C@H]2C=C[C@H]3C2)cc1. The zero-order valence-corrected chi connectivity index (χ0v) is 18.6. The van der Waals surface area contributed by atoms with Gasteiger partial charge in [-0.3, -0.25) is 24.1 Å². The number of anilines is 2. The van der Waals surface area contributed by atoms with E-state index >= 15 is 0 Å². The van der Waals surface area contributed by atoms with Crippen LogP contribution in [0.15, 0.2) is 78.9 Å². The minimum absolute atomic E-state index is 0.109. The van der Waals surface area contributed by atoms with Gasteiger partial charge in [0.15, 0.2) is 5.78 Å². The zero-order chi connectivity index (χ0) is 23.8. The Bertz CT molecular complexity index is 1470. The molecule has 0 radical (unpaired) electrons. The molecule has 2 fully saturated rings. The first kappa shape index (κ1) is 20.1. The van der Waals surface area contributed by atoms with Crippen LogP contribution in [0.4, 0.5) is 11.4 Å². The number of imide groups is 1. The number of nitrogens with zero attached hydrogens (tertiary/aromatic N) is 1. The molecule has 0 aromatic heterocycles. The monoisotopic (exact) mass is 460 g/mol. The lowest BCUT2D eigenvalue weighted by atomic mass is 9.85. The third-order valence-corrected chi connectivity index (χ3v) is 7.86. The van der Waals surface area contributed by atoms with Crippen molar-refractivity contribution >= 4 is 34.9 Å². The topological polar surface area (TPSA) is 83.6 Å². The first-order valence-corrected chi connectivity index (χ1v) is 11.8. The third-order valence-electron chi connectivity index (χ3n) is 7.86. The Hall–Kier alpha value is -4.32. The number of amides is 3. The van der Waals surface area contributed by atoms with Gasteiger partial charge in [0.2, 0.25) is 11.8 Å². The zero-order valence-electron chi connectivity index (χ0n) is 18.6. The van der Waals surface area contributed by atoms with Crippen molar-refractivity contribution in [1.82, 2.24) is 0 Å². The summed E-state index contributed by atoms with van der Waals surface area (Å²) in [6.45, 7) is 0. The molecule has 0 spiro atoms. The molecule has 4 aliphatic rings. The number of hydrogen-bond donors (Lipinski definition) is 1. The van der Waals surface area contributed by atoms with Crippen molar-refractivity contribution in [3.05, 3.63) is 95.6 Å². The molecule has 3 aromatic carbocycles. The largest absolute Gasteiger partial charge is 0.321 e. The highest BCUT2D eigenvalue weighted by molar-refractivity contribution is 6.26. The molecule has 2 bridgehead atoms. The van der Waals surface area contributed by atoms with Crippen LogP contribution in [0.1, 0.15) is 32.7 Å². The lowest BCUT2D eigenvalue weighted by Gasteiger charge is -2.17. The molecule has 1 saturated heterocycles. The van der Waals surface area contributed by atoms with Gasteiger partial charge < -0.3 is 5.32 Å². The summed E-state index contributed by atoms with van der Waals surface area (Å²) >= 11 is 0. The number of carbonyl (C=O) groups excluding carboxylic acids is 4. The fraction of sp³-hybridized carbons (Fsp3) is 0.172. The molecule has 35 heavy (non-hydrogen) atoms. The molecule has 3 aromatic rings. The van der Waals surface area contributed by atoms with E-state index in [9.17, 15) is 19.2 Å². The van der Waals surface area contributed by atoms with Crippen LogP contribution in [0.5, 0.6) is 0 Å². The smallest absolute Gasteiger partial charge is 0.255 e. The van der Waals surface area contributed by atoms with E-state index in [1.807, 2.05) is 30.3 Å². The van der Waals surface area contributed by atoms with Crippen LogP contribution in [0.25, 0.3) is 11.1 Å². The summed E-state index contributed by atoms with van der Waals surface area (Å²) in [6.07, 6.45) is 5.02. The van der Waals surface area contributed by atoms with Crippen LogP contribution in [-0.4, -0.2) is 23.5 Å².